The maximum Gasteiger partial charge on any atom is 0.222 e. The summed E-state index contributed by atoms with van der Waals surface area (Å²) in [4.78, 5) is 14.0. The van der Waals surface area contributed by atoms with E-state index in [1.807, 2.05) is 31.2 Å². The largest absolute Gasteiger partial charge is 0.496 e. The zero-order chi connectivity index (χ0) is 14.5. The fourth-order valence-corrected chi connectivity index (χ4v) is 2.58. The second kappa shape index (κ2) is 6.75. The molecule has 2 atom stereocenters. The topological polar surface area (TPSA) is 49.8 Å². The molecular weight excluding hydrogens is 254 g/mol. The molecule has 1 aliphatic rings. The maximum atomic E-state index is 12.2. The lowest BCUT2D eigenvalue weighted by Gasteiger charge is -2.34. The standard InChI is InChI=1S/C16H23NO3/c1-12-9-10-17(11-14(12)18)16(19)8-7-13-5-3-4-6-15(13)20-2/h3-6,12,14,18H,7-11H2,1-2H3. The normalized spacial score (nSPS) is 22.6. The van der Waals surface area contributed by atoms with Gasteiger partial charge in [-0.2, -0.15) is 0 Å². The highest BCUT2D eigenvalue weighted by atomic mass is 16.5. The number of nitrogens with zero attached hydrogens (tertiary/aromatic N) is 1. The number of likely N-dealkylation sites (tertiary alicyclic amines) is 1. The lowest BCUT2D eigenvalue weighted by molar-refractivity contribution is -0.135. The van der Waals surface area contributed by atoms with Crippen LogP contribution >= 0.6 is 0 Å². The number of aliphatic hydroxyl groups is 1. The summed E-state index contributed by atoms with van der Waals surface area (Å²) in [7, 11) is 1.64. The van der Waals surface area contributed by atoms with E-state index in [1.165, 1.54) is 0 Å². The molecule has 1 fully saturated rings. The number of benzene rings is 1. The van der Waals surface area contributed by atoms with Crippen LogP contribution in [0.3, 0.4) is 0 Å². The van der Waals surface area contributed by atoms with Crippen molar-refractivity contribution >= 4 is 5.91 Å². The zero-order valence-corrected chi connectivity index (χ0v) is 12.2. The molecule has 0 saturated carbocycles. The fourth-order valence-electron chi connectivity index (χ4n) is 2.58. The number of aryl methyl sites for hydroxylation is 1. The van der Waals surface area contributed by atoms with Crippen LogP contribution in [0.2, 0.25) is 0 Å². The van der Waals surface area contributed by atoms with Gasteiger partial charge in [0.05, 0.1) is 13.2 Å². The number of carbonyl (C=O) groups excluding carboxylic acids is 1. The van der Waals surface area contributed by atoms with Gasteiger partial charge in [-0.3, -0.25) is 4.79 Å². The molecule has 1 heterocycles. The maximum absolute atomic E-state index is 12.2. The average Bonchev–Trinajstić information content (AvgIpc) is 2.47. The minimum Gasteiger partial charge on any atom is -0.496 e. The first kappa shape index (κ1) is 14.9. The van der Waals surface area contributed by atoms with Crippen LogP contribution in [0.5, 0.6) is 5.75 Å². The van der Waals surface area contributed by atoms with Crippen LogP contribution in [0.15, 0.2) is 24.3 Å². The number of piperidine rings is 1. The van der Waals surface area contributed by atoms with Crippen molar-refractivity contribution < 1.29 is 14.6 Å². The van der Waals surface area contributed by atoms with Crippen LogP contribution in [-0.4, -0.2) is 42.2 Å². The molecule has 1 saturated heterocycles. The number of rotatable bonds is 4. The molecule has 2 rings (SSSR count). The van der Waals surface area contributed by atoms with Crippen molar-refractivity contribution in [1.82, 2.24) is 4.90 Å². The van der Waals surface area contributed by atoms with Crippen molar-refractivity contribution in [3.8, 4) is 5.75 Å². The van der Waals surface area contributed by atoms with Crippen LogP contribution < -0.4 is 4.74 Å². The van der Waals surface area contributed by atoms with Crippen LogP contribution in [0, 0.1) is 5.92 Å². The predicted octanol–water partition coefficient (Wildman–Crippen LogP) is 1.86. The molecule has 4 nitrogen and oxygen atoms in total. The van der Waals surface area contributed by atoms with Crippen molar-refractivity contribution in [1.29, 1.82) is 0 Å². The molecule has 20 heavy (non-hydrogen) atoms. The predicted molar refractivity (Wildman–Crippen MR) is 77.7 cm³/mol. The molecule has 0 radical (unpaired) electrons. The smallest absolute Gasteiger partial charge is 0.222 e. The summed E-state index contributed by atoms with van der Waals surface area (Å²) in [6.07, 6.45) is 1.62. The highest BCUT2D eigenvalue weighted by Crippen LogP contribution is 2.21. The summed E-state index contributed by atoms with van der Waals surface area (Å²) >= 11 is 0. The first-order chi connectivity index (χ1) is 9.61. The van der Waals surface area contributed by atoms with Gasteiger partial charge in [0.1, 0.15) is 5.75 Å². The summed E-state index contributed by atoms with van der Waals surface area (Å²) in [5.41, 5.74) is 1.05. The third-order valence-electron chi connectivity index (χ3n) is 4.07. The highest BCUT2D eigenvalue weighted by molar-refractivity contribution is 5.76. The second-order valence-electron chi connectivity index (χ2n) is 5.48. The number of carbonyl (C=O) groups is 1. The number of ether oxygens (including phenoxy) is 1. The summed E-state index contributed by atoms with van der Waals surface area (Å²) in [5.74, 6) is 1.22. The quantitative estimate of drug-likeness (QED) is 0.914. The van der Waals surface area contributed by atoms with E-state index in [9.17, 15) is 9.90 Å². The Balaban J connectivity index is 1.89. The minimum atomic E-state index is -0.390. The summed E-state index contributed by atoms with van der Waals surface area (Å²) in [6, 6.07) is 7.77. The van der Waals surface area contributed by atoms with Crippen LogP contribution in [0.4, 0.5) is 0 Å². The van der Waals surface area contributed by atoms with Gasteiger partial charge in [0.25, 0.3) is 0 Å². The van der Waals surface area contributed by atoms with E-state index in [0.717, 1.165) is 24.3 Å². The molecule has 110 valence electrons. The van der Waals surface area contributed by atoms with Gasteiger partial charge in [-0.25, -0.2) is 0 Å². The molecule has 1 aromatic rings. The summed E-state index contributed by atoms with van der Waals surface area (Å²) < 4.78 is 5.29. The lowest BCUT2D eigenvalue weighted by atomic mass is 9.95. The summed E-state index contributed by atoms with van der Waals surface area (Å²) in [5, 5.41) is 9.85. The Morgan fingerprint density at radius 1 is 1.45 bits per heavy atom. The molecule has 0 spiro atoms. The van der Waals surface area contributed by atoms with Gasteiger partial charge < -0.3 is 14.7 Å². The SMILES string of the molecule is COc1ccccc1CCC(=O)N1CCC(C)C(O)C1. The van der Waals surface area contributed by atoms with Gasteiger partial charge in [-0.15, -0.1) is 0 Å². The number of hydrogen-bond acceptors (Lipinski definition) is 3. The second-order valence-corrected chi connectivity index (χ2v) is 5.48. The van der Waals surface area contributed by atoms with Gasteiger partial charge >= 0.3 is 0 Å². The van der Waals surface area contributed by atoms with Crippen molar-refractivity contribution in [2.45, 2.75) is 32.3 Å². The van der Waals surface area contributed by atoms with Gasteiger partial charge in [0, 0.05) is 19.5 Å². The van der Waals surface area contributed by atoms with E-state index < -0.39 is 0 Å². The van der Waals surface area contributed by atoms with Crippen molar-refractivity contribution in [3.05, 3.63) is 29.8 Å². The number of hydrogen-bond donors (Lipinski definition) is 1. The number of para-hydroxylation sites is 1. The monoisotopic (exact) mass is 277 g/mol. The van der Waals surface area contributed by atoms with E-state index in [-0.39, 0.29) is 17.9 Å². The van der Waals surface area contributed by atoms with Crippen molar-refractivity contribution in [3.63, 3.8) is 0 Å². The Morgan fingerprint density at radius 3 is 2.90 bits per heavy atom. The molecule has 1 N–H and O–H groups in total. The summed E-state index contributed by atoms with van der Waals surface area (Å²) in [6.45, 7) is 3.25. The first-order valence-corrected chi connectivity index (χ1v) is 7.19. The van der Waals surface area contributed by atoms with E-state index in [4.69, 9.17) is 4.74 Å². The number of aliphatic hydroxyl groups excluding tert-OH is 1. The molecule has 1 aliphatic heterocycles. The third kappa shape index (κ3) is 3.51. The first-order valence-electron chi connectivity index (χ1n) is 7.19. The molecule has 0 bridgehead atoms. The van der Waals surface area contributed by atoms with Crippen molar-refractivity contribution in [2.75, 3.05) is 20.2 Å². The van der Waals surface area contributed by atoms with E-state index in [0.29, 0.717) is 19.4 Å². The minimum absolute atomic E-state index is 0.113. The number of amides is 1. The average molecular weight is 277 g/mol. The van der Waals surface area contributed by atoms with E-state index in [1.54, 1.807) is 12.0 Å². The third-order valence-corrected chi connectivity index (χ3v) is 4.07. The molecule has 0 aliphatic carbocycles. The van der Waals surface area contributed by atoms with Crippen LogP contribution in [-0.2, 0) is 11.2 Å². The highest BCUT2D eigenvalue weighted by Gasteiger charge is 2.26. The fraction of sp³-hybridized carbons (Fsp3) is 0.562. The van der Waals surface area contributed by atoms with Gasteiger partial charge in [-0.05, 0) is 30.4 Å². The van der Waals surface area contributed by atoms with Crippen LogP contribution in [0.1, 0.15) is 25.3 Å². The molecular formula is C16H23NO3. The molecule has 4 heteroatoms. The van der Waals surface area contributed by atoms with E-state index >= 15 is 0 Å². The Bertz CT molecular complexity index is 461. The van der Waals surface area contributed by atoms with E-state index in [2.05, 4.69) is 0 Å². The molecule has 0 aromatic heterocycles. The number of β-amino-alcohol motifs (C(OH)–C–C–N with tert-alkyl or cyclic N) is 1. The Hall–Kier alpha value is -1.55. The number of methoxy groups -OCH3 is 1. The van der Waals surface area contributed by atoms with Crippen molar-refractivity contribution in [2.24, 2.45) is 5.92 Å². The molecule has 2 unspecified atom stereocenters. The molecule has 1 aromatic carbocycles. The molecule has 1 amide bonds. The Labute approximate surface area is 120 Å². The van der Waals surface area contributed by atoms with Gasteiger partial charge in [-0.1, -0.05) is 25.1 Å². The lowest BCUT2D eigenvalue weighted by Crippen LogP contribution is -2.45. The van der Waals surface area contributed by atoms with Gasteiger partial charge in [0.15, 0.2) is 0 Å². The van der Waals surface area contributed by atoms with Crippen LogP contribution in [0.25, 0.3) is 0 Å². The van der Waals surface area contributed by atoms with Gasteiger partial charge in [0.2, 0.25) is 5.91 Å². The Kier molecular flexibility index (Phi) is 5.01. The Morgan fingerprint density at radius 2 is 2.20 bits per heavy atom. The zero-order valence-electron chi connectivity index (χ0n) is 12.2.